The SMILES string of the molecule is CCC(O)(NC(=O)CCCCCCCCCc1ccccc1)N1CCOCC1. The molecule has 5 heteroatoms. The number of unbranched alkanes of at least 4 members (excludes halogenated alkanes) is 6. The molecule has 1 atom stereocenters. The van der Waals surface area contributed by atoms with E-state index in [9.17, 15) is 9.90 Å². The summed E-state index contributed by atoms with van der Waals surface area (Å²) in [6.45, 7) is 4.39. The smallest absolute Gasteiger partial charge is 0.223 e. The van der Waals surface area contributed by atoms with Crippen molar-refractivity contribution in [2.24, 2.45) is 0 Å². The second-order valence-corrected chi connectivity index (χ2v) is 7.78. The van der Waals surface area contributed by atoms with Crippen molar-refractivity contribution in [3.63, 3.8) is 0 Å². The Labute approximate surface area is 170 Å². The van der Waals surface area contributed by atoms with Gasteiger partial charge in [-0.15, -0.1) is 0 Å². The number of hydrogen-bond acceptors (Lipinski definition) is 4. The first kappa shape index (κ1) is 22.9. The van der Waals surface area contributed by atoms with Gasteiger partial charge in [0.25, 0.3) is 0 Å². The summed E-state index contributed by atoms with van der Waals surface area (Å²) in [4.78, 5) is 14.1. The van der Waals surface area contributed by atoms with Gasteiger partial charge in [0.1, 0.15) is 0 Å². The molecule has 1 amide bonds. The lowest BCUT2D eigenvalue weighted by molar-refractivity contribution is -0.172. The molecule has 2 rings (SSSR count). The molecule has 158 valence electrons. The van der Waals surface area contributed by atoms with Gasteiger partial charge in [-0.3, -0.25) is 9.69 Å². The molecule has 5 nitrogen and oxygen atoms in total. The van der Waals surface area contributed by atoms with E-state index in [4.69, 9.17) is 4.74 Å². The lowest BCUT2D eigenvalue weighted by atomic mass is 10.0. The van der Waals surface area contributed by atoms with Crippen molar-refractivity contribution in [3.05, 3.63) is 35.9 Å². The fourth-order valence-electron chi connectivity index (χ4n) is 3.75. The van der Waals surface area contributed by atoms with Crippen LogP contribution in [0, 0.1) is 0 Å². The molecule has 2 N–H and O–H groups in total. The maximum atomic E-state index is 12.2. The van der Waals surface area contributed by atoms with E-state index >= 15 is 0 Å². The first-order valence-corrected chi connectivity index (χ1v) is 11.0. The van der Waals surface area contributed by atoms with Crippen molar-refractivity contribution < 1.29 is 14.6 Å². The van der Waals surface area contributed by atoms with Gasteiger partial charge in [-0.05, 0) is 24.8 Å². The molecule has 28 heavy (non-hydrogen) atoms. The Morgan fingerprint density at radius 2 is 1.64 bits per heavy atom. The lowest BCUT2D eigenvalue weighted by Crippen LogP contribution is -2.63. The zero-order valence-electron chi connectivity index (χ0n) is 17.5. The minimum Gasteiger partial charge on any atom is -0.379 e. The van der Waals surface area contributed by atoms with Gasteiger partial charge in [-0.1, -0.05) is 69.4 Å². The van der Waals surface area contributed by atoms with Gasteiger partial charge in [0, 0.05) is 25.9 Å². The number of ether oxygens (including phenoxy) is 1. The monoisotopic (exact) mass is 390 g/mol. The standard InChI is InChI=1S/C23H38N2O3/c1-2-23(27,25-17-19-28-20-18-25)24-22(26)16-12-7-5-3-4-6-9-13-21-14-10-8-11-15-21/h8,10-11,14-15,27H,2-7,9,12-13,16-20H2,1H3,(H,24,26). The highest BCUT2D eigenvalue weighted by Gasteiger charge is 2.34. The third-order valence-electron chi connectivity index (χ3n) is 5.58. The number of carbonyl (C=O) groups excluding carboxylic acids is 1. The van der Waals surface area contributed by atoms with Crippen LogP contribution in [0.3, 0.4) is 0 Å². The summed E-state index contributed by atoms with van der Waals surface area (Å²) < 4.78 is 5.33. The first-order valence-electron chi connectivity index (χ1n) is 11.0. The largest absolute Gasteiger partial charge is 0.379 e. The number of amides is 1. The summed E-state index contributed by atoms with van der Waals surface area (Å²) in [6.07, 6.45) is 10.3. The van der Waals surface area contributed by atoms with Gasteiger partial charge in [-0.25, -0.2) is 0 Å². The van der Waals surface area contributed by atoms with E-state index in [1.165, 1.54) is 44.1 Å². The number of nitrogens with one attached hydrogen (secondary N) is 1. The van der Waals surface area contributed by atoms with E-state index in [0.29, 0.717) is 39.1 Å². The third kappa shape index (κ3) is 8.29. The number of nitrogens with zero attached hydrogens (tertiary/aromatic N) is 1. The Kier molecular flexibility index (Phi) is 10.5. The van der Waals surface area contributed by atoms with Crippen molar-refractivity contribution in [1.29, 1.82) is 0 Å². The maximum Gasteiger partial charge on any atom is 0.223 e. The van der Waals surface area contributed by atoms with Crippen molar-refractivity contribution >= 4 is 5.91 Å². The van der Waals surface area contributed by atoms with E-state index in [0.717, 1.165) is 12.8 Å². The summed E-state index contributed by atoms with van der Waals surface area (Å²) >= 11 is 0. The number of carbonyl (C=O) groups is 1. The summed E-state index contributed by atoms with van der Waals surface area (Å²) in [5, 5.41) is 13.6. The zero-order chi connectivity index (χ0) is 20.1. The molecule has 0 aliphatic carbocycles. The van der Waals surface area contributed by atoms with Crippen LogP contribution in [0.25, 0.3) is 0 Å². The predicted molar refractivity (Wildman–Crippen MR) is 113 cm³/mol. The second-order valence-electron chi connectivity index (χ2n) is 7.78. The fourth-order valence-corrected chi connectivity index (χ4v) is 3.75. The summed E-state index contributed by atoms with van der Waals surface area (Å²) in [6, 6.07) is 10.7. The molecule has 1 unspecified atom stereocenters. The summed E-state index contributed by atoms with van der Waals surface area (Å²) in [5.41, 5.74) is 1.43. The highest BCUT2D eigenvalue weighted by Crippen LogP contribution is 2.16. The van der Waals surface area contributed by atoms with Crippen LogP contribution in [0.5, 0.6) is 0 Å². The maximum absolute atomic E-state index is 12.2. The van der Waals surface area contributed by atoms with E-state index in [1.54, 1.807) is 0 Å². The van der Waals surface area contributed by atoms with Crippen LogP contribution in [0.15, 0.2) is 30.3 Å². The zero-order valence-corrected chi connectivity index (χ0v) is 17.5. The number of aliphatic hydroxyl groups is 1. The van der Waals surface area contributed by atoms with Gasteiger partial charge in [0.2, 0.25) is 5.91 Å². The Bertz CT molecular complexity index is 546. The minimum absolute atomic E-state index is 0.0568. The molecule has 1 aromatic rings. The van der Waals surface area contributed by atoms with Crippen LogP contribution in [-0.2, 0) is 16.0 Å². The molecule has 0 aromatic heterocycles. The predicted octanol–water partition coefficient (Wildman–Crippen LogP) is 3.85. The Morgan fingerprint density at radius 3 is 2.29 bits per heavy atom. The summed E-state index contributed by atoms with van der Waals surface area (Å²) in [5.74, 6) is -1.29. The van der Waals surface area contributed by atoms with Crippen molar-refractivity contribution in [2.75, 3.05) is 26.3 Å². The topological polar surface area (TPSA) is 61.8 Å². The van der Waals surface area contributed by atoms with Gasteiger partial charge >= 0.3 is 0 Å². The van der Waals surface area contributed by atoms with E-state index in [1.807, 2.05) is 11.8 Å². The van der Waals surface area contributed by atoms with Crippen LogP contribution < -0.4 is 5.32 Å². The molecule has 1 aliphatic rings. The fraction of sp³-hybridized carbons (Fsp3) is 0.696. The molecule has 0 saturated carbocycles. The van der Waals surface area contributed by atoms with E-state index in [-0.39, 0.29) is 5.91 Å². The highest BCUT2D eigenvalue weighted by atomic mass is 16.5. The first-order chi connectivity index (χ1) is 13.6. The van der Waals surface area contributed by atoms with E-state index < -0.39 is 5.85 Å². The second kappa shape index (κ2) is 12.9. The average molecular weight is 391 g/mol. The average Bonchev–Trinajstić information content (AvgIpc) is 2.73. The minimum atomic E-state index is -1.24. The highest BCUT2D eigenvalue weighted by molar-refractivity contribution is 5.76. The third-order valence-corrected chi connectivity index (χ3v) is 5.58. The van der Waals surface area contributed by atoms with Crippen LogP contribution in [-0.4, -0.2) is 48.1 Å². The van der Waals surface area contributed by atoms with Gasteiger partial charge < -0.3 is 15.2 Å². The van der Waals surface area contributed by atoms with Crippen LogP contribution in [0.4, 0.5) is 0 Å². The molecule has 0 bridgehead atoms. The number of morpholine rings is 1. The van der Waals surface area contributed by atoms with Gasteiger partial charge in [0.15, 0.2) is 5.85 Å². The molecule has 1 heterocycles. The molecule has 1 aromatic carbocycles. The van der Waals surface area contributed by atoms with Crippen LogP contribution >= 0.6 is 0 Å². The number of rotatable bonds is 13. The molecular formula is C23H38N2O3. The number of hydrogen-bond donors (Lipinski definition) is 2. The van der Waals surface area contributed by atoms with Crippen molar-refractivity contribution in [3.8, 4) is 0 Å². The van der Waals surface area contributed by atoms with Crippen LogP contribution in [0.1, 0.15) is 70.3 Å². The Balaban J connectivity index is 1.48. The molecule has 1 aliphatic heterocycles. The number of aryl methyl sites for hydroxylation is 1. The van der Waals surface area contributed by atoms with Crippen molar-refractivity contribution in [2.45, 2.75) is 77.0 Å². The Hall–Kier alpha value is -1.43. The van der Waals surface area contributed by atoms with Gasteiger partial charge in [-0.2, -0.15) is 0 Å². The molecule has 1 fully saturated rings. The summed E-state index contributed by atoms with van der Waals surface area (Å²) in [7, 11) is 0. The van der Waals surface area contributed by atoms with Crippen LogP contribution in [0.2, 0.25) is 0 Å². The quantitative estimate of drug-likeness (QED) is 0.397. The molecule has 1 saturated heterocycles. The van der Waals surface area contributed by atoms with Crippen molar-refractivity contribution in [1.82, 2.24) is 10.2 Å². The molecule has 0 spiro atoms. The van der Waals surface area contributed by atoms with E-state index in [2.05, 4.69) is 35.6 Å². The molecular weight excluding hydrogens is 352 g/mol. The lowest BCUT2D eigenvalue weighted by Gasteiger charge is -2.41. The number of benzene rings is 1. The normalized spacial score (nSPS) is 17.2. The van der Waals surface area contributed by atoms with Gasteiger partial charge in [0.05, 0.1) is 13.2 Å². The Morgan fingerprint density at radius 1 is 1.04 bits per heavy atom. The molecule has 0 radical (unpaired) electrons.